The maximum Gasteiger partial charge on any atom is 0.357 e. The first-order chi connectivity index (χ1) is 11.5. The van der Waals surface area contributed by atoms with Crippen molar-refractivity contribution in [3.8, 4) is 11.8 Å². The van der Waals surface area contributed by atoms with Crippen LogP contribution in [0.3, 0.4) is 0 Å². The number of hydrogen-bond donors (Lipinski definition) is 1. The molecule has 1 aromatic carbocycles. The van der Waals surface area contributed by atoms with Crippen LogP contribution in [0.1, 0.15) is 25.0 Å². The standard InChI is InChI=1S/C16H22N4O4/c1-5-23-13-9-7-8-11(3)12(13)10-17-14(21)20-16(22)19(4)15(18-20)24-6-2/h7-9H,5-6,10H2,1-4H3,(H,17,21). The van der Waals surface area contributed by atoms with E-state index >= 15 is 0 Å². The lowest BCUT2D eigenvalue weighted by Crippen LogP contribution is -2.37. The van der Waals surface area contributed by atoms with Crippen LogP contribution in [0.4, 0.5) is 4.79 Å². The molecular weight excluding hydrogens is 312 g/mol. The van der Waals surface area contributed by atoms with Crippen molar-refractivity contribution < 1.29 is 14.3 Å². The van der Waals surface area contributed by atoms with Gasteiger partial charge in [-0.05, 0) is 32.4 Å². The van der Waals surface area contributed by atoms with Crippen LogP contribution in [-0.2, 0) is 13.6 Å². The maximum absolute atomic E-state index is 12.3. The molecule has 0 aliphatic heterocycles. The van der Waals surface area contributed by atoms with E-state index in [4.69, 9.17) is 9.47 Å². The number of hydrogen-bond acceptors (Lipinski definition) is 5. The molecule has 0 bridgehead atoms. The number of nitrogens with one attached hydrogen (secondary N) is 1. The van der Waals surface area contributed by atoms with Gasteiger partial charge in [0.1, 0.15) is 5.75 Å². The van der Waals surface area contributed by atoms with Gasteiger partial charge in [0.2, 0.25) is 0 Å². The number of aryl methyl sites for hydroxylation is 1. The molecule has 24 heavy (non-hydrogen) atoms. The molecule has 1 heterocycles. The van der Waals surface area contributed by atoms with Crippen molar-refractivity contribution in [2.45, 2.75) is 27.3 Å². The van der Waals surface area contributed by atoms with Gasteiger partial charge in [0.05, 0.1) is 13.2 Å². The summed E-state index contributed by atoms with van der Waals surface area (Å²) >= 11 is 0. The highest BCUT2D eigenvalue weighted by Crippen LogP contribution is 2.21. The lowest BCUT2D eigenvalue weighted by molar-refractivity contribution is 0.237. The number of amides is 1. The smallest absolute Gasteiger partial charge is 0.357 e. The van der Waals surface area contributed by atoms with E-state index in [1.165, 1.54) is 11.6 Å². The zero-order valence-corrected chi connectivity index (χ0v) is 14.3. The number of benzene rings is 1. The first-order valence-electron chi connectivity index (χ1n) is 7.77. The summed E-state index contributed by atoms with van der Waals surface area (Å²) in [5.41, 5.74) is 1.29. The number of carbonyl (C=O) groups is 1. The zero-order chi connectivity index (χ0) is 17.7. The van der Waals surface area contributed by atoms with Crippen LogP contribution in [-0.4, -0.2) is 33.6 Å². The van der Waals surface area contributed by atoms with Crippen LogP contribution in [0.5, 0.6) is 11.8 Å². The Kier molecular flexibility index (Phi) is 5.62. The van der Waals surface area contributed by atoms with Crippen molar-refractivity contribution in [1.82, 2.24) is 19.7 Å². The first-order valence-corrected chi connectivity index (χ1v) is 7.77. The third kappa shape index (κ3) is 3.58. The Bertz CT molecular complexity index is 779. The Labute approximate surface area is 140 Å². The molecule has 0 saturated heterocycles. The molecular formula is C16H22N4O4. The van der Waals surface area contributed by atoms with Crippen molar-refractivity contribution in [2.75, 3.05) is 13.2 Å². The summed E-state index contributed by atoms with van der Waals surface area (Å²) in [6, 6.07) is 5.15. The minimum atomic E-state index is -0.618. The summed E-state index contributed by atoms with van der Waals surface area (Å²) in [4.78, 5) is 24.3. The molecule has 0 aliphatic rings. The molecule has 2 rings (SSSR count). The van der Waals surface area contributed by atoms with E-state index < -0.39 is 11.7 Å². The first kappa shape index (κ1) is 17.6. The van der Waals surface area contributed by atoms with E-state index in [0.717, 1.165) is 15.8 Å². The molecule has 2 aromatic rings. The fourth-order valence-corrected chi connectivity index (χ4v) is 2.24. The van der Waals surface area contributed by atoms with E-state index in [1.54, 1.807) is 6.92 Å². The van der Waals surface area contributed by atoms with Crippen LogP contribution in [0.15, 0.2) is 23.0 Å². The molecule has 0 atom stereocenters. The number of carbonyl (C=O) groups excluding carboxylic acids is 1. The lowest BCUT2D eigenvalue weighted by atomic mass is 10.1. The molecule has 0 radical (unpaired) electrons. The second-order valence-electron chi connectivity index (χ2n) is 5.11. The average Bonchev–Trinajstić information content (AvgIpc) is 2.83. The predicted molar refractivity (Wildman–Crippen MR) is 88.6 cm³/mol. The summed E-state index contributed by atoms with van der Waals surface area (Å²) in [6.45, 7) is 6.72. The molecule has 1 N–H and O–H groups in total. The summed E-state index contributed by atoms with van der Waals surface area (Å²) in [7, 11) is 1.50. The largest absolute Gasteiger partial charge is 0.494 e. The Balaban J connectivity index is 2.17. The predicted octanol–water partition coefficient (Wildman–Crippen LogP) is 1.45. The zero-order valence-electron chi connectivity index (χ0n) is 14.3. The topological polar surface area (TPSA) is 87.4 Å². The van der Waals surface area contributed by atoms with Crippen molar-refractivity contribution in [3.05, 3.63) is 39.8 Å². The Hall–Kier alpha value is -2.77. The molecule has 0 unspecified atom stereocenters. The minimum Gasteiger partial charge on any atom is -0.494 e. The molecule has 130 valence electrons. The van der Waals surface area contributed by atoms with Crippen LogP contribution in [0, 0.1) is 6.92 Å². The summed E-state index contributed by atoms with van der Waals surface area (Å²) in [6.07, 6.45) is 0. The molecule has 8 heteroatoms. The fraction of sp³-hybridized carbons (Fsp3) is 0.438. The van der Waals surface area contributed by atoms with E-state index in [2.05, 4.69) is 10.4 Å². The average molecular weight is 334 g/mol. The SMILES string of the molecule is CCOc1cccc(C)c1CNC(=O)n1nc(OCC)n(C)c1=O. The third-order valence-corrected chi connectivity index (χ3v) is 3.49. The molecule has 0 fully saturated rings. The van der Waals surface area contributed by atoms with Crippen LogP contribution in [0.25, 0.3) is 0 Å². The molecule has 8 nitrogen and oxygen atoms in total. The Morgan fingerprint density at radius 1 is 1.25 bits per heavy atom. The molecule has 0 saturated carbocycles. The van der Waals surface area contributed by atoms with Crippen LogP contribution >= 0.6 is 0 Å². The van der Waals surface area contributed by atoms with E-state index in [9.17, 15) is 9.59 Å². The van der Waals surface area contributed by atoms with Gasteiger partial charge in [0, 0.05) is 19.2 Å². The van der Waals surface area contributed by atoms with Gasteiger partial charge in [-0.25, -0.2) is 14.2 Å². The van der Waals surface area contributed by atoms with Crippen molar-refractivity contribution in [2.24, 2.45) is 7.05 Å². The van der Waals surface area contributed by atoms with E-state index in [1.807, 2.05) is 32.0 Å². The molecule has 1 aromatic heterocycles. The van der Waals surface area contributed by atoms with Gasteiger partial charge in [-0.15, -0.1) is 9.78 Å². The third-order valence-electron chi connectivity index (χ3n) is 3.49. The van der Waals surface area contributed by atoms with Gasteiger partial charge in [-0.3, -0.25) is 0 Å². The van der Waals surface area contributed by atoms with Crippen LogP contribution in [0.2, 0.25) is 0 Å². The van der Waals surface area contributed by atoms with Gasteiger partial charge in [-0.1, -0.05) is 12.1 Å². The van der Waals surface area contributed by atoms with E-state index in [0.29, 0.717) is 19.0 Å². The molecule has 1 amide bonds. The van der Waals surface area contributed by atoms with Gasteiger partial charge in [-0.2, -0.15) is 0 Å². The number of ether oxygens (including phenoxy) is 2. The summed E-state index contributed by atoms with van der Waals surface area (Å²) < 4.78 is 12.7. The Morgan fingerprint density at radius 3 is 2.62 bits per heavy atom. The summed E-state index contributed by atoms with van der Waals surface area (Å²) in [5.74, 6) is 0.709. The monoisotopic (exact) mass is 334 g/mol. The minimum absolute atomic E-state index is 0.101. The lowest BCUT2D eigenvalue weighted by Gasteiger charge is -2.13. The van der Waals surface area contributed by atoms with Gasteiger partial charge >= 0.3 is 17.7 Å². The van der Waals surface area contributed by atoms with Crippen molar-refractivity contribution >= 4 is 6.03 Å². The highest BCUT2D eigenvalue weighted by Gasteiger charge is 2.17. The second kappa shape index (κ2) is 7.67. The van der Waals surface area contributed by atoms with Gasteiger partial charge < -0.3 is 14.8 Å². The second-order valence-corrected chi connectivity index (χ2v) is 5.11. The molecule has 0 spiro atoms. The highest BCUT2D eigenvalue weighted by molar-refractivity contribution is 5.75. The van der Waals surface area contributed by atoms with Gasteiger partial charge in [0.15, 0.2) is 0 Å². The summed E-state index contributed by atoms with van der Waals surface area (Å²) in [5, 5.41) is 6.59. The fourth-order valence-electron chi connectivity index (χ4n) is 2.24. The number of aromatic nitrogens is 3. The van der Waals surface area contributed by atoms with Gasteiger partial charge in [0.25, 0.3) is 0 Å². The Morgan fingerprint density at radius 2 is 1.96 bits per heavy atom. The quantitative estimate of drug-likeness (QED) is 0.864. The normalized spacial score (nSPS) is 10.5. The van der Waals surface area contributed by atoms with Crippen molar-refractivity contribution in [1.29, 1.82) is 0 Å². The number of rotatable bonds is 6. The van der Waals surface area contributed by atoms with Crippen molar-refractivity contribution in [3.63, 3.8) is 0 Å². The van der Waals surface area contributed by atoms with E-state index in [-0.39, 0.29) is 12.6 Å². The maximum atomic E-state index is 12.3. The highest BCUT2D eigenvalue weighted by atomic mass is 16.5. The molecule has 0 aliphatic carbocycles. The number of nitrogens with zero attached hydrogens (tertiary/aromatic N) is 3. The van der Waals surface area contributed by atoms with Crippen LogP contribution < -0.4 is 20.5 Å².